The molecular formula is C19H17FN4O2. The van der Waals surface area contributed by atoms with E-state index in [-0.39, 0.29) is 24.1 Å². The Labute approximate surface area is 150 Å². The first-order valence-corrected chi connectivity index (χ1v) is 7.93. The van der Waals surface area contributed by atoms with E-state index < -0.39 is 0 Å². The van der Waals surface area contributed by atoms with Crippen LogP contribution in [0.4, 0.5) is 4.39 Å². The summed E-state index contributed by atoms with van der Waals surface area (Å²) in [7, 11) is 0. The third-order valence-electron chi connectivity index (χ3n) is 3.60. The molecule has 3 aromatic rings. The summed E-state index contributed by atoms with van der Waals surface area (Å²) in [5.74, 6) is 0.0865. The molecule has 2 N–H and O–H groups in total. The molecule has 0 radical (unpaired) electrons. The van der Waals surface area contributed by atoms with Gasteiger partial charge >= 0.3 is 0 Å². The molecule has 2 aromatic heterocycles. The highest BCUT2D eigenvalue weighted by Gasteiger charge is 2.12. The van der Waals surface area contributed by atoms with Gasteiger partial charge in [0.05, 0.1) is 12.1 Å². The number of amidine groups is 1. The van der Waals surface area contributed by atoms with E-state index in [2.05, 4.69) is 20.4 Å². The minimum absolute atomic E-state index is 0.0119. The van der Waals surface area contributed by atoms with Gasteiger partial charge in [-0.15, -0.1) is 0 Å². The summed E-state index contributed by atoms with van der Waals surface area (Å²) in [6.07, 6.45) is 4.92. The van der Waals surface area contributed by atoms with Gasteiger partial charge in [0.2, 0.25) is 5.88 Å². The van der Waals surface area contributed by atoms with Crippen LogP contribution >= 0.6 is 0 Å². The molecule has 0 saturated heterocycles. The largest absolute Gasteiger partial charge is 0.472 e. The number of halogens is 1. The smallest absolute Gasteiger partial charge is 0.224 e. The van der Waals surface area contributed by atoms with Gasteiger partial charge in [-0.3, -0.25) is 20.7 Å². The average Bonchev–Trinajstić information content (AvgIpc) is 2.69. The number of nitrogens with zero attached hydrogens (tertiary/aromatic N) is 3. The fraction of sp³-hybridized carbons (Fsp3) is 0.105. The van der Waals surface area contributed by atoms with Crippen molar-refractivity contribution in [2.45, 2.75) is 13.2 Å². The van der Waals surface area contributed by atoms with Crippen molar-refractivity contribution < 1.29 is 14.3 Å². The quantitative estimate of drug-likeness (QED) is 0.405. The monoisotopic (exact) mass is 352 g/mol. The summed E-state index contributed by atoms with van der Waals surface area (Å²) in [5, 5.41) is 9.47. The van der Waals surface area contributed by atoms with Crippen LogP contribution in [0.15, 0.2) is 72.1 Å². The van der Waals surface area contributed by atoms with Gasteiger partial charge in [-0.05, 0) is 29.8 Å². The number of ether oxygens (including phenoxy) is 1. The van der Waals surface area contributed by atoms with Gasteiger partial charge in [0.1, 0.15) is 12.4 Å². The van der Waals surface area contributed by atoms with E-state index in [1.807, 2.05) is 12.1 Å². The second kappa shape index (κ2) is 8.68. The fourth-order valence-electron chi connectivity index (χ4n) is 2.29. The molecule has 26 heavy (non-hydrogen) atoms. The summed E-state index contributed by atoms with van der Waals surface area (Å²) in [5.41, 5.74) is 3.84. The molecule has 0 saturated carbocycles. The molecule has 0 fully saturated rings. The molecule has 0 aliphatic rings. The van der Waals surface area contributed by atoms with E-state index in [1.165, 1.54) is 6.07 Å². The maximum Gasteiger partial charge on any atom is 0.224 e. The predicted octanol–water partition coefficient (Wildman–Crippen LogP) is 3.12. The lowest BCUT2D eigenvalue weighted by Gasteiger charge is -2.12. The number of aromatic nitrogens is 2. The maximum absolute atomic E-state index is 13.7. The molecule has 0 bridgehead atoms. The number of hydrogen-bond acceptors (Lipinski definition) is 5. The molecule has 6 nitrogen and oxygen atoms in total. The van der Waals surface area contributed by atoms with Crippen molar-refractivity contribution in [3.8, 4) is 5.88 Å². The van der Waals surface area contributed by atoms with Crippen LogP contribution in [0.25, 0.3) is 0 Å². The van der Waals surface area contributed by atoms with Crippen molar-refractivity contribution >= 4 is 5.84 Å². The van der Waals surface area contributed by atoms with Crippen LogP contribution in [0.1, 0.15) is 16.7 Å². The normalized spacial score (nSPS) is 11.2. The van der Waals surface area contributed by atoms with E-state index >= 15 is 0 Å². The van der Waals surface area contributed by atoms with Crippen LogP contribution in [0.2, 0.25) is 0 Å². The number of benzene rings is 1. The zero-order valence-corrected chi connectivity index (χ0v) is 13.8. The van der Waals surface area contributed by atoms with Crippen LogP contribution < -0.4 is 10.2 Å². The minimum atomic E-state index is -0.351. The lowest BCUT2D eigenvalue weighted by Crippen LogP contribution is -2.22. The number of nitrogens with one attached hydrogen (secondary N) is 1. The Morgan fingerprint density at radius 2 is 1.96 bits per heavy atom. The van der Waals surface area contributed by atoms with Crippen LogP contribution in [-0.2, 0) is 13.2 Å². The van der Waals surface area contributed by atoms with Crippen molar-refractivity contribution in [3.63, 3.8) is 0 Å². The zero-order chi connectivity index (χ0) is 18.2. The SMILES string of the molecule is ONC(=NCc1cccnc1)c1cccnc1OCc1ccccc1F. The molecule has 0 aliphatic carbocycles. The Morgan fingerprint density at radius 3 is 2.73 bits per heavy atom. The van der Waals surface area contributed by atoms with Crippen molar-refractivity contribution in [1.29, 1.82) is 0 Å². The highest BCUT2D eigenvalue weighted by molar-refractivity contribution is 5.99. The van der Waals surface area contributed by atoms with Crippen molar-refractivity contribution in [2.75, 3.05) is 0 Å². The molecule has 0 aliphatic heterocycles. The summed E-state index contributed by atoms with van der Waals surface area (Å²) < 4.78 is 19.4. The topological polar surface area (TPSA) is 79.6 Å². The van der Waals surface area contributed by atoms with E-state index in [0.29, 0.717) is 17.7 Å². The number of pyridine rings is 2. The van der Waals surface area contributed by atoms with E-state index in [0.717, 1.165) is 5.56 Å². The van der Waals surface area contributed by atoms with Crippen molar-refractivity contribution in [2.24, 2.45) is 4.99 Å². The van der Waals surface area contributed by atoms with Gasteiger partial charge in [-0.25, -0.2) is 9.37 Å². The molecule has 0 unspecified atom stereocenters. The van der Waals surface area contributed by atoms with Crippen LogP contribution in [-0.4, -0.2) is 21.0 Å². The van der Waals surface area contributed by atoms with Crippen molar-refractivity contribution in [3.05, 3.63) is 89.6 Å². The molecule has 7 heteroatoms. The molecule has 1 aromatic carbocycles. The Morgan fingerprint density at radius 1 is 1.12 bits per heavy atom. The second-order valence-electron chi connectivity index (χ2n) is 5.37. The Kier molecular flexibility index (Phi) is 5.84. The van der Waals surface area contributed by atoms with E-state index in [1.54, 1.807) is 48.9 Å². The molecule has 0 atom stereocenters. The lowest BCUT2D eigenvalue weighted by atomic mass is 10.2. The highest BCUT2D eigenvalue weighted by atomic mass is 19.1. The second-order valence-corrected chi connectivity index (χ2v) is 5.37. The molecular weight excluding hydrogens is 335 g/mol. The molecule has 132 valence electrons. The number of aliphatic imine (C=N–C) groups is 1. The standard InChI is InChI=1S/C19H17FN4O2/c20-17-8-2-1-6-15(17)13-26-19-16(7-4-10-22-19)18(24-25)23-12-14-5-3-9-21-11-14/h1-11,25H,12-13H2,(H,23,24). The predicted molar refractivity (Wildman–Crippen MR) is 94.4 cm³/mol. The summed E-state index contributed by atoms with van der Waals surface area (Å²) in [4.78, 5) is 12.5. The van der Waals surface area contributed by atoms with Crippen LogP contribution in [0.3, 0.4) is 0 Å². The van der Waals surface area contributed by atoms with Gasteiger partial charge in [-0.2, -0.15) is 0 Å². The third kappa shape index (κ3) is 4.40. The van der Waals surface area contributed by atoms with E-state index in [4.69, 9.17) is 4.74 Å². The van der Waals surface area contributed by atoms with Gasteiger partial charge in [0.15, 0.2) is 5.84 Å². The van der Waals surface area contributed by atoms with Crippen LogP contribution in [0.5, 0.6) is 5.88 Å². The number of hydroxylamine groups is 1. The summed E-state index contributed by atoms with van der Waals surface area (Å²) in [6, 6.07) is 13.4. The highest BCUT2D eigenvalue weighted by Crippen LogP contribution is 2.18. The average molecular weight is 352 g/mol. The van der Waals surface area contributed by atoms with Gasteiger partial charge in [0, 0.05) is 24.2 Å². The molecule has 0 spiro atoms. The summed E-state index contributed by atoms with van der Waals surface area (Å²) >= 11 is 0. The number of hydrogen-bond donors (Lipinski definition) is 2. The summed E-state index contributed by atoms with van der Waals surface area (Å²) in [6.45, 7) is 0.330. The maximum atomic E-state index is 13.7. The Balaban J connectivity index is 1.79. The fourth-order valence-corrected chi connectivity index (χ4v) is 2.29. The lowest BCUT2D eigenvalue weighted by molar-refractivity contribution is 0.233. The van der Waals surface area contributed by atoms with Gasteiger partial charge in [0.25, 0.3) is 0 Å². The van der Waals surface area contributed by atoms with Gasteiger partial charge in [-0.1, -0.05) is 24.3 Å². The first kappa shape index (κ1) is 17.5. The van der Waals surface area contributed by atoms with E-state index in [9.17, 15) is 9.60 Å². The first-order valence-electron chi connectivity index (χ1n) is 7.93. The third-order valence-corrected chi connectivity index (χ3v) is 3.60. The van der Waals surface area contributed by atoms with Crippen molar-refractivity contribution in [1.82, 2.24) is 15.4 Å². The van der Waals surface area contributed by atoms with Gasteiger partial charge < -0.3 is 4.74 Å². The molecule has 3 rings (SSSR count). The number of rotatable bonds is 6. The zero-order valence-electron chi connectivity index (χ0n) is 13.8. The molecule has 2 heterocycles. The Bertz CT molecular complexity index is 887. The van der Waals surface area contributed by atoms with Crippen LogP contribution in [0, 0.1) is 5.82 Å². The molecule has 0 amide bonds. The first-order chi connectivity index (χ1) is 12.8. The Hall–Kier alpha value is -3.32. The minimum Gasteiger partial charge on any atom is -0.472 e.